The summed E-state index contributed by atoms with van der Waals surface area (Å²) in [5.41, 5.74) is 4.22. The number of furan rings is 1. The van der Waals surface area contributed by atoms with Gasteiger partial charge in [-0.1, -0.05) is 85.6 Å². The molecule has 0 saturated carbocycles. The quantitative estimate of drug-likeness (QED) is 0.119. The maximum Gasteiger partial charge on any atom is 0.328 e. The van der Waals surface area contributed by atoms with Gasteiger partial charge in [-0.05, 0) is 57.7 Å². The molecule has 0 spiro atoms. The average Bonchev–Trinajstić information content (AvgIpc) is 3.82. The number of nitrogens with zero attached hydrogens (tertiary/aromatic N) is 5. The largest absolute Gasteiger partial charge is 0.464 e. The summed E-state index contributed by atoms with van der Waals surface area (Å²) in [5.74, 6) is 0.740. The van der Waals surface area contributed by atoms with Crippen LogP contribution < -0.4 is 5.32 Å². The lowest BCUT2D eigenvalue weighted by Crippen LogP contribution is -2.44. The van der Waals surface area contributed by atoms with Gasteiger partial charge in [0.25, 0.3) is 5.91 Å². The minimum Gasteiger partial charge on any atom is -0.464 e. The summed E-state index contributed by atoms with van der Waals surface area (Å²) in [6.45, 7) is 4.33. The van der Waals surface area contributed by atoms with E-state index in [0.717, 1.165) is 45.0 Å². The zero-order chi connectivity index (χ0) is 33.6. The molecule has 3 aromatic carbocycles. The number of carbonyl (C=O) groups is 2. The second-order valence-electron chi connectivity index (χ2n) is 11.2. The third-order valence-corrected chi connectivity index (χ3v) is 8.97. The Balaban J connectivity index is 1.34. The van der Waals surface area contributed by atoms with Crippen molar-refractivity contribution in [1.29, 1.82) is 0 Å². The monoisotopic (exact) mass is 729 g/mol. The van der Waals surface area contributed by atoms with Gasteiger partial charge in [-0.3, -0.25) is 4.79 Å². The van der Waals surface area contributed by atoms with E-state index in [1.54, 1.807) is 6.92 Å². The molecule has 2 N–H and O–H groups in total. The van der Waals surface area contributed by atoms with Gasteiger partial charge in [0, 0.05) is 35.9 Å². The van der Waals surface area contributed by atoms with Crippen LogP contribution in [0, 0.1) is 0 Å². The summed E-state index contributed by atoms with van der Waals surface area (Å²) in [5, 5.41) is 18.3. The van der Waals surface area contributed by atoms with Crippen LogP contribution in [0.15, 0.2) is 81.7 Å². The molecule has 0 aliphatic rings. The molecule has 3 heterocycles. The first-order valence-electron chi connectivity index (χ1n) is 15.7. The summed E-state index contributed by atoms with van der Waals surface area (Å²) >= 11 is 10.4. The number of unbranched alkanes of at least 4 members (excludes halogenated alkanes) is 1. The van der Waals surface area contributed by atoms with Gasteiger partial charge in [-0.2, -0.15) is 5.21 Å². The maximum absolute atomic E-state index is 13.9. The Morgan fingerprint density at radius 3 is 2.54 bits per heavy atom. The zero-order valence-corrected chi connectivity index (χ0v) is 28.7. The van der Waals surface area contributed by atoms with Crippen LogP contribution in [0.2, 0.25) is 5.15 Å². The van der Waals surface area contributed by atoms with Gasteiger partial charge in [0.1, 0.15) is 28.9 Å². The van der Waals surface area contributed by atoms with Crippen LogP contribution in [-0.4, -0.2) is 54.7 Å². The van der Waals surface area contributed by atoms with E-state index >= 15 is 0 Å². The van der Waals surface area contributed by atoms with Crippen molar-refractivity contribution in [2.75, 3.05) is 6.61 Å². The van der Waals surface area contributed by atoms with Crippen molar-refractivity contribution in [2.45, 2.75) is 52.1 Å². The third-order valence-electron chi connectivity index (χ3n) is 7.92. The molecule has 0 aliphatic carbocycles. The molecular formula is C35H33BrClN7O4. The minimum absolute atomic E-state index is 0.0758. The van der Waals surface area contributed by atoms with E-state index in [1.165, 1.54) is 0 Å². The fourth-order valence-electron chi connectivity index (χ4n) is 5.61. The van der Waals surface area contributed by atoms with Gasteiger partial charge in [0.05, 0.1) is 11.1 Å². The Morgan fingerprint density at radius 1 is 1.04 bits per heavy atom. The van der Waals surface area contributed by atoms with Crippen molar-refractivity contribution in [3.05, 3.63) is 105 Å². The Hall–Kier alpha value is -4.81. The van der Waals surface area contributed by atoms with Gasteiger partial charge in [0.2, 0.25) is 5.82 Å². The van der Waals surface area contributed by atoms with E-state index in [-0.39, 0.29) is 23.9 Å². The Morgan fingerprint density at radius 2 is 1.81 bits per heavy atom. The van der Waals surface area contributed by atoms with Crippen molar-refractivity contribution in [2.24, 2.45) is 0 Å². The highest BCUT2D eigenvalue weighted by molar-refractivity contribution is 9.10. The Labute approximate surface area is 290 Å². The summed E-state index contributed by atoms with van der Waals surface area (Å²) in [6.07, 6.45) is 2.70. The number of hydrogen-bond donors (Lipinski definition) is 2. The number of esters is 1. The fraction of sp³-hybridized carbons (Fsp3) is 0.257. The van der Waals surface area contributed by atoms with Crippen LogP contribution in [0.25, 0.3) is 33.7 Å². The minimum atomic E-state index is -0.912. The molecule has 6 aromatic rings. The lowest BCUT2D eigenvalue weighted by atomic mass is 10.0. The van der Waals surface area contributed by atoms with Crippen molar-refractivity contribution in [3.8, 4) is 22.7 Å². The number of H-pyrrole nitrogens is 1. The average molecular weight is 731 g/mol. The molecule has 0 radical (unpaired) electrons. The van der Waals surface area contributed by atoms with E-state index in [0.29, 0.717) is 36.0 Å². The predicted molar refractivity (Wildman–Crippen MR) is 186 cm³/mol. The molecule has 1 amide bonds. The van der Waals surface area contributed by atoms with Crippen LogP contribution in [0.3, 0.4) is 0 Å². The van der Waals surface area contributed by atoms with Gasteiger partial charge in [-0.15, -0.1) is 10.2 Å². The number of nitrogens with one attached hydrogen (secondary N) is 2. The highest BCUT2D eigenvalue weighted by Gasteiger charge is 2.28. The first kappa shape index (κ1) is 33.1. The molecule has 0 aliphatic heterocycles. The van der Waals surface area contributed by atoms with Crippen LogP contribution in [0.4, 0.5) is 0 Å². The Bertz CT molecular complexity index is 2040. The number of rotatable bonds is 13. The number of aromatic nitrogens is 6. The standard InChI is InChI=1S/C35H33BrClN7O4/c1-3-5-15-28-39-32(37)30(34(45)38-26(35(46)47-4-2)19-21-11-7-6-8-12-21)44(28)20-22-16-17-27-25(18-22)29(36)31(48-27)23-13-9-10-14-24(23)33-40-42-43-41-33/h6-14,16-18,26H,3-5,15,19-20H2,1-2H3,(H,38,45)(H,40,41,42,43)/t26-/m0/s1. The molecule has 13 heteroatoms. The van der Waals surface area contributed by atoms with Crippen molar-refractivity contribution >= 4 is 50.4 Å². The second-order valence-corrected chi connectivity index (χ2v) is 12.3. The van der Waals surface area contributed by atoms with E-state index in [9.17, 15) is 9.59 Å². The van der Waals surface area contributed by atoms with E-state index in [1.807, 2.05) is 77.4 Å². The molecule has 0 unspecified atom stereocenters. The predicted octanol–water partition coefficient (Wildman–Crippen LogP) is 7.19. The number of tetrazole rings is 1. The van der Waals surface area contributed by atoms with Crippen LogP contribution in [0.1, 0.15) is 54.1 Å². The molecule has 11 nitrogen and oxygen atoms in total. The number of aromatic amines is 1. The molecule has 0 saturated heterocycles. The molecule has 3 aromatic heterocycles. The van der Waals surface area contributed by atoms with Crippen molar-refractivity contribution < 1.29 is 18.7 Å². The number of fused-ring (bicyclic) bond motifs is 1. The van der Waals surface area contributed by atoms with Gasteiger partial charge < -0.3 is 19.0 Å². The number of aryl methyl sites for hydroxylation is 1. The van der Waals surface area contributed by atoms with Gasteiger partial charge in [-0.25, -0.2) is 9.78 Å². The number of imidazole rings is 1. The molecule has 246 valence electrons. The number of amides is 1. The number of benzene rings is 3. The van der Waals surface area contributed by atoms with Crippen LogP contribution in [0.5, 0.6) is 0 Å². The first-order chi connectivity index (χ1) is 23.4. The first-order valence-corrected chi connectivity index (χ1v) is 16.8. The summed E-state index contributed by atoms with van der Waals surface area (Å²) in [7, 11) is 0. The van der Waals surface area contributed by atoms with Gasteiger partial charge in [0.15, 0.2) is 5.15 Å². The molecule has 0 bridgehead atoms. The highest BCUT2D eigenvalue weighted by Crippen LogP contribution is 2.41. The normalized spacial score (nSPS) is 11.9. The van der Waals surface area contributed by atoms with Crippen LogP contribution in [-0.2, 0) is 28.9 Å². The Kier molecular flexibility index (Phi) is 10.3. The molecule has 48 heavy (non-hydrogen) atoms. The van der Waals surface area contributed by atoms with Crippen molar-refractivity contribution in [3.63, 3.8) is 0 Å². The summed E-state index contributed by atoms with van der Waals surface area (Å²) in [6, 6.07) is 22.1. The van der Waals surface area contributed by atoms with Crippen molar-refractivity contribution in [1.82, 2.24) is 35.5 Å². The lowest BCUT2D eigenvalue weighted by Gasteiger charge is -2.19. The zero-order valence-electron chi connectivity index (χ0n) is 26.4. The van der Waals surface area contributed by atoms with Gasteiger partial charge >= 0.3 is 5.97 Å². The molecule has 1 atom stereocenters. The molecular weight excluding hydrogens is 698 g/mol. The van der Waals surface area contributed by atoms with E-state index in [2.05, 4.69) is 53.8 Å². The van der Waals surface area contributed by atoms with E-state index < -0.39 is 17.9 Å². The second kappa shape index (κ2) is 15.0. The smallest absolute Gasteiger partial charge is 0.328 e. The summed E-state index contributed by atoms with van der Waals surface area (Å²) < 4.78 is 14.2. The van der Waals surface area contributed by atoms with Crippen LogP contribution >= 0.6 is 27.5 Å². The topological polar surface area (TPSA) is 141 Å². The number of ether oxygens (including phenoxy) is 1. The van der Waals surface area contributed by atoms with E-state index in [4.69, 9.17) is 20.8 Å². The fourth-order valence-corrected chi connectivity index (χ4v) is 6.50. The SMILES string of the molecule is CCCCc1nc(Cl)c(C(=O)N[C@@H](Cc2ccccc2)C(=O)OCC)n1Cc1ccc2oc(-c3ccccc3-c3nn[nH]n3)c(Br)c2c1. The molecule has 6 rings (SSSR count). The summed E-state index contributed by atoms with van der Waals surface area (Å²) in [4.78, 5) is 31.5. The molecule has 0 fully saturated rings. The number of halogens is 2. The maximum atomic E-state index is 13.9. The number of hydrogen-bond acceptors (Lipinski definition) is 8. The lowest BCUT2D eigenvalue weighted by molar-refractivity contribution is -0.145. The third kappa shape index (κ3) is 7.04. The number of carbonyl (C=O) groups excluding carboxylic acids is 2. The highest BCUT2D eigenvalue weighted by atomic mass is 79.9.